The van der Waals surface area contributed by atoms with Gasteiger partial charge in [0.05, 0.1) is 12.0 Å². The Morgan fingerprint density at radius 1 is 1.35 bits per heavy atom. The highest BCUT2D eigenvalue weighted by Crippen LogP contribution is 2.28. The topological polar surface area (TPSA) is 85.3 Å². The third-order valence-electron chi connectivity index (χ3n) is 2.31. The Hall–Kier alpha value is -1.73. The molecule has 0 aliphatic heterocycles. The molecule has 7 heteroatoms. The number of hydrogen-bond acceptors (Lipinski definition) is 5. The van der Waals surface area contributed by atoms with Crippen molar-refractivity contribution in [2.45, 2.75) is 4.90 Å². The molecular weight excluding hydrogens is 344 g/mol. The van der Waals surface area contributed by atoms with E-state index in [1.54, 1.807) is 18.2 Å². The van der Waals surface area contributed by atoms with Gasteiger partial charge in [0.2, 0.25) is 5.91 Å². The fourth-order valence-electron chi connectivity index (χ4n) is 1.41. The number of furan rings is 1. The van der Waals surface area contributed by atoms with Crippen LogP contribution in [0.4, 0.5) is 5.69 Å². The molecule has 2 rings (SSSR count). The average Bonchev–Trinajstić information content (AvgIpc) is 2.91. The van der Waals surface area contributed by atoms with Crippen molar-refractivity contribution in [3.63, 3.8) is 0 Å². The molecule has 0 spiro atoms. The first-order valence-corrected chi connectivity index (χ1v) is 7.39. The van der Waals surface area contributed by atoms with E-state index in [1.165, 1.54) is 24.1 Å². The molecule has 0 saturated carbocycles. The molecule has 0 fully saturated rings. The van der Waals surface area contributed by atoms with E-state index >= 15 is 0 Å². The van der Waals surface area contributed by atoms with Crippen LogP contribution in [0, 0.1) is 0 Å². The van der Waals surface area contributed by atoms with Gasteiger partial charge < -0.3 is 10.2 Å². The lowest BCUT2D eigenvalue weighted by molar-refractivity contribution is -0.117. The lowest BCUT2D eigenvalue weighted by atomic mass is 10.3. The number of nitrogens with one attached hydrogen (secondary N) is 1. The molecule has 0 bridgehead atoms. The van der Waals surface area contributed by atoms with Crippen molar-refractivity contribution < 1.29 is 14.0 Å². The highest BCUT2D eigenvalue weighted by Gasteiger charge is 2.13. The van der Waals surface area contributed by atoms with Crippen molar-refractivity contribution in [2.24, 2.45) is 0 Å². The fourth-order valence-corrected chi connectivity index (χ4v) is 2.87. The molecule has 1 aromatic heterocycles. The van der Waals surface area contributed by atoms with Crippen LogP contribution in [0.5, 0.6) is 0 Å². The second-order valence-corrected chi connectivity index (χ2v) is 5.70. The molecule has 104 valence electrons. The minimum atomic E-state index is -0.544. The van der Waals surface area contributed by atoms with Gasteiger partial charge in [-0.1, -0.05) is 0 Å². The summed E-state index contributed by atoms with van der Waals surface area (Å²) >= 11 is 4.67. The van der Waals surface area contributed by atoms with Crippen molar-refractivity contribution in [1.29, 1.82) is 0 Å². The Morgan fingerprint density at radius 3 is 2.80 bits per heavy atom. The minimum Gasteiger partial charge on any atom is -0.459 e. The number of nitrogens with two attached hydrogens (primary N) is 1. The first-order valence-electron chi connectivity index (χ1n) is 5.62. The zero-order valence-electron chi connectivity index (χ0n) is 10.3. The molecule has 0 radical (unpaired) electrons. The number of halogens is 1. The van der Waals surface area contributed by atoms with Crippen LogP contribution >= 0.6 is 27.7 Å². The highest BCUT2D eigenvalue weighted by molar-refractivity contribution is 9.10. The summed E-state index contributed by atoms with van der Waals surface area (Å²) in [7, 11) is 0. The standard InChI is InChI=1S/C13H11BrN2O3S/c14-9-6-8(15)3-4-11(9)20-7-12(17)16-13(18)10-2-1-5-19-10/h1-6H,7,15H2,(H,16,17,18). The maximum Gasteiger partial charge on any atom is 0.293 e. The summed E-state index contributed by atoms with van der Waals surface area (Å²) in [4.78, 5) is 24.1. The van der Waals surface area contributed by atoms with Crippen molar-refractivity contribution in [2.75, 3.05) is 11.5 Å². The highest BCUT2D eigenvalue weighted by atomic mass is 79.9. The number of carbonyl (C=O) groups excluding carboxylic acids is 2. The zero-order valence-corrected chi connectivity index (χ0v) is 12.7. The van der Waals surface area contributed by atoms with Crippen LogP contribution < -0.4 is 11.1 Å². The Morgan fingerprint density at radius 2 is 2.15 bits per heavy atom. The first-order chi connectivity index (χ1) is 9.56. The molecule has 0 aliphatic carbocycles. The fraction of sp³-hybridized carbons (Fsp3) is 0.0769. The lowest BCUT2D eigenvalue weighted by Gasteiger charge is -2.05. The first kappa shape index (κ1) is 14.7. The van der Waals surface area contributed by atoms with Crippen molar-refractivity contribution >= 4 is 45.2 Å². The van der Waals surface area contributed by atoms with Gasteiger partial charge in [-0.15, -0.1) is 11.8 Å². The summed E-state index contributed by atoms with van der Waals surface area (Å²) in [5.74, 6) is -0.705. The molecule has 0 saturated heterocycles. The van der Waals surface area contributed by atoms with E-state index in [0.717, 1.165) is 9.37 Å². The lowest BCUT2D eigenvalue weighted by Crippen LogP contribution is -2.31. The van der Waals surface area contributed by atoms with Gasteiger partial charge in [-0.25, -0.2) is 0 Å². The number of nitrogen functional groups attached to an aromatic ring is 1. The minimum absolute atomic E-state index is 0.108. The van der Waals surface area contributed by atoms with Gasteiger partial charge >= 0.3 is 0 Å². The molecule has 1 aromatic carbocycles. The van der Waals surface area contributed by atoms with Gasteiger partial charge in [-0.05, 0) is 46.3 Å². The number of hydrogen-bond donors (Lipinski definition) is 2. The Balaban J connectivity index is 1.88. The summed E-state index contributed by atoms with van der Waals surface area (Å²) in [5.41, 5.74) is 6.27. The maximum atomic E-state index is 11.7. The molecule has 2 amide bonds. The van der Waals surface area contributed by atoms with Gasteiger partial charge in [-0.2, -0.15) is 0 Å². The average molecular weight is 355 g/mol. The second-order valence-electron chi connectivity index (χ2n) is 3.83. The SMILES string of the molecule is Nc1ccc(SCC(=O)NC(=O)c2ccco2)c(Br)c1. The van der Waals surface area contributed by atoms with Crippen molar-refractivity contribution in [1.82, 2.24) is 5.32 Å². The summed E-state index contributed by atoms with van der Waals surface area (Å²) in [6, 6.07) is 8.39. The van der Waals surface area contributed by atoms with Gasteiger partial charge in [0, 0.05) is 15.1 Å². The van der Waals surface area contributed by atoms with E-state index in [2.05, 4.69) is 21.2 Å². The van der Waals surface area contributed by atoms with E-state index in [-0.39, 0.29) is 17.4 Å². The number of benzene rings is 1. The predicted octanol–water partition coefficient (Wildman–Crippen LogP) is 2.67. The molecule has 20 heavy (non-hydrogen) atoms. The Bertz CT molecular complexity index is 629. The predicted molar refractivity (Wildman–Crippen MR) is 80.5 cm³/mol. The van der Waals surface area contributed by atoms with Crippen LogP contribution in [-0.4, -0.2) is 17.6 Å². The smallest absolute Gasteiger partial charge is 0.293 e. The normalized spacial score (nSPS) is 10.2. The van der Waals surface area contributed by atoms with E-state index in [9.17, 15) is 9.59 Å². The molecule has 5 nitrogen and oxygen atoms in total. The number of imide groups is 1. The van der Waals surface area contributed by atoms with Crippen LogP contribution in [0.25, 0.3) is 0 Å². The van der Waals surface area contributed by atoms with E-state index in [4.69, 9.17) is 10.2 Å². The Labute approximate surface area is 128 Å². The monoisotopic (exact) mass is 354 g/mol. The largest absolute Gasteiger partial charge is 0.459 e. The van der Waals surface area contributed by atoms with Crippen molar-refractivity contribution in [3.05, 3.63) is 46.8 Å². The van der Waals surface area contributed by atoms with E-state index in [0.29, 0.717) is 5.69 Å². The summed E-state index contributed by atoms with van der Waals surface area (Å²) in [5, 5.41) is 2.25. The van der Waals surface area contributed by atoms with Crippen LogP contribution in [0.3, 0.4) is 0 Å². The molecular formula is C13H11BrN2O3S. The van der Waals surface area contributed by atoms with Crippen LogP contribution in [-0.2, 0) is 4.79 Å². The van der Waals surface area contributed by atoms with Crippen LogP contribution in [0.1, 0.15) is 10.6 Å². The number of carbonyl (C=O) groups is 2. The van der Waals surface area contributed by atoms with Crippen molar-refractivity contribution in [3.8, 4) is 0 Å². The molecule has 0 aliphatic rings. The van der Waals surface area contributed by atoms with Gasteiger partial charge in [0.25, 0.3) is 5.91 Å². The molecule has 2 aromatic rings. The summed E-state index contributed by atoms with van der Waals surface area (Å²) < 4.78 is 5.71. The number of rotatable bonds is 4. The molecule has 0 atom stereocenters. The van der Waals surface area contributed by atoms with Crippen LogP contribution in [0.2, 0.25) is 0 Å². The third-order valence-corrected chi connectivity index (χ3v) is 4.30. The molecule has 0 unspecified atom stereocenters. The number of amides is 2. The number of anilines is 1. The maximum absolute atomic E-state index is 11.7. The van der Waals surface area contributed by atoms with E-state index < -0.39 is 5.91 Å². The van der Waals surface area contributed by atoms with Gasteiger partial charge in [0.1, 0.15) is 0 Å². The van der Waals surface area contributed by atoms with Crippen LogP contribution in [0.15, 0.2) is 50.4 Å². The number of thioether (sulfide) groups is 1. The summed E-state index contributed by atoms with van der Waals surface area (Å²) in [6.45, 7) is 0. The molecule has 3 N–H and O–H groups in total. The van der Waals surface area contributed by atoms with E-state index in [1.807, 2.05) is 6.07 Å². The Kier molecular flexibility index (Phi) is 4.86. The second kappa shape index (κ2) is 6.62. The van der Waals surface area contributed by atoms with Gasteiger partial charge in [0.15, 0.2) is 5.76 Å². The third kappa shape index (κ3) is 3.88. The van der Waals surface area contributed by atoms with Gasteiger partial charge in [-0.3, -0.25) is 14.9 Å². The quantitative estimate of drug-likeness (QED) is 0.651. The zero-order chi connectivity index (χ0) is 14.5. The molecule has 1 heterocycles. The summed E-state index contributed by atoms with van der Waals surface area (Å²) in [6.07, 6.45) is 1.37.